The van der Waals surface area contributed by atoms with Crippen LogP contribution in [0.3, 0.4) is 0 Å². The van der Waals surface area contributed by atoms with Crippen LogP contribution in [-0.2, 0) is 17.9 Å². The number of benzene rings is 1. The third-order valence-electron chi connectivity index (χ3n) is 2.68. The minimum Gasteiger partial charge on any atom is -0.392 e. The topological polar surface area (TPSA) is 34.4 Å². The van der Waals surface area contributed by atoms with Crippen molar-refractivity contribution in [1.29, 1.82) is 0 Å². The van der Waals surface area contributed by atoms with Crippen LogP contribution < -0.4 is 0 Å². The Hall–Kier alpha value is -1.03. The Labute approximate surface area is 99.2 Å². The molecule has 3 nitrogen and oxygen atoms in total. The number of fused-ring (bicyclic) bond motifs is 1. The molecule has 2 aromatic rings. The number of methoxy groups -OCH3 is 1. The Morgan fingerprint density at radius 3 is 2.81 bits per heavy atom. The summed E-state index contributed by atoms with van der Waals surface area (Å²) < 4.78 is 7.01. The van der Waals surface area contributed by atoms with E-state index in [4.69, 9.17) is 16.3 Å². The number of nitrogens with zero attached hydrogens (tertiary/aromatic N) is 1. The van der Waals surface area contributed by atoms with Crippen LogP contribution in [0.15, 0.2) is 24.3 Å². The summed E-state index contributed by atoms with van der Waals surface area (Å²) in [6.45, 7) is 1.25. The van der Waals surface area contributed by atoms with Gasteiger partial charge in [-0.1, -0.05) is 29.8 Å². The third kappa shape index (κ3) is 1.82. The number of para-hydroxylation sites is 1. The van der Waals surface area contributed by atoms with Gasteiger partial charge in [0.1, 0.15) is 5.15 Å². The van der Waals surface area contributed by atoms with E-state index in [1.165, 1.54) is 0 Å². The number of hydrogen-bond donors (Lipinski definition) is 1. The predicted molar refractivity (Wildman–Crippen MR) is 64.7 cm³/mol. The summed E-state index contributed by atoms with van der Waals surface area (Å²) in [6.07, 6.45) is 0. The summed E-state index contributed by atoms with van der Waals surface area (Å²) in [4.78, 5) is 0. The molecule has 0 atom stereocenters. The third-order valence-corrected chi connectivity index (χ3v) is 3.12. The van der Waals surface area contributed by atoms with Gasteiger partial charge >= 0.3 is 0 Å². The molecule has 0 aliphatic rings. The Bertz CT molecular complexity index is 493. The van der Waals surface area contributed by atoms with Crippen molar-refractivity contribution in [3.05, 3.63) is 35.0 Å². The molecule has 0 amide bonds. The zero-order chi connectivity index (χ0) is 11.5. The molecule has 0 aliphatic carbocycles. The van der Waals surface area contributed by atoms with Gasteiger partial charge in [0.25, 0.3) is 0 Å². The first kappa shape index (κ1) is 11.5. The summed E-state index contributed by atoms with van der Waals surface area (Å²) in [6, 6.07) is 7.87. The molecule has 0 saturated heterocycles. The molecule has 2 rings (SSSR count). The summed E-state index contributed by atoms with van der Waals surface area (Å²) in [5.74, 6) is 0. The zero-order valence-corrected chi connectivity index (χ0v) is 9.87. The molecular weight excluding hydrogens is 226 g/mol. The van der Waals surface area contributed by atoms with Crippen molar-refractivity contribution in [3.8, 4) is 0 Å². The minimum atomic E-state index is -0.0423. The number of aliphatic hydroxyl groups is 1. The molecule has 0 aliphatic heterocycles. The molecule has 0 spiro atoms. The standard InChI is InChI=1S/C12H14ClNO2/c1-16-7-6-14-11-5-3-2-4-9(11)10(8-15)12(14)13/h2-5,15H,6-8H2,1H3. The summed E-state index contributed by atoms with van der Waals surface area (Å²) in [5.41, 5.74) is 1.82. The molecule has 1 N–H and O–H groups in total. The average Bonchev–Trinajstić information content (AvgIpc) is 2.58. The zero-order valence-electron chi connectivity index (χ0n) is 9.11. The second-order valence-corrected chi connectivity index (χ2v) is 3.95. The van der Waals surface area contributed by atoms with E-state index in [1.54, 1.807) is 7.11 Å². The van der Waals surface area contributed by atoms with Gasteiger partial charge in [0.15, 0.2) is 0 Å². The fraction of sp³-hybridized carbons (Fsp3) is 0.333. The van der Waals surface area contributed by atoms with Gasteiger partial charge in [0.05, 0.1) is 13.2 Å². The average molecular weight is 240 g/mol. The maximum atomic E-state index is 9.33. The SMILES string of the molecule is COCCn1c(Cl)c(CO)c2ccccc21. The van der Waals surface area contributed by atoms with E-state index in [0.717, 1.165) is 16.5 Å². The molecule has 0 unspecified atom stereocenters. The lowest BCUT2D eigenvalue weighted by Gasteiger charge is -2.05. The summed E-state index contributed by atoms with van der Waals surface area (Å²) in [7, 11) is 1.66. The van der Waals surface area contributed by atoms with Crippen molar-refractivity contribution in [2.75, 3.05) is 13.7 Å². The molecule has 16 heavy (non-hydrogen) atoms. The van der Waals surface area contributed by atoms with E-state index in [0.29, 0.717) is 18.3 Å². The summed E-state index contributed by atoms with van der Waals surface area (Å²) >= 11 is 6.24. The Morgan fingerprint density at radius 1 is 1.38 bits per heavy atom. The fourth-order valence-electron chi connectivity index (χ4n) is 1.90. The van der Waals surface area contributed by atoms with Crippen LogP contribution in [0.25, 0.3) is 10.9 Å². The predicted octanol–water partition coefficient (Wildman–Crippen LogP) is 2.43. The molecule has 1 heterocycles. The molecule has 86 valence electrons. The minimum absolute atomic E-state index is 0.0423. The van der Waals surface area contributed by atoms with Crippen molar-refractivity contribution >= 4 is 22.5 Å². The second-order valence-electron chi connectivity index (χ2n) is 3.59. The van der Waals surface area contributed by atoms with E-state index in [-0.39, 0.29) is 6.61 Å². The number of halogens is 1. The van der Waals surface area contributed by atoms with E-state index in [1.807, 2.05) is 28.8 Å². The number of rotatable bonds is 4. The monoisotopic (exact) mass is 239 g/mol. The van der Waals surface area contributed by atoms with Crippen LogP contribution in [0, 0.1) is 0 Å². The van der Waals surface area contributed by atoms with Gasteiger partial charge < -0.3 is 14.4 Å². The highest BCUT2D eigenvalue weighted by molar-refractivity contribution is 6.32. The second kappa shape index (κ2) is 4.87. The maximum Gasteiger partial charge on any atom is 0.115 e. The smallest absolute Gasteiger partial charge is 0.115 e. The van der Waals surface area contributed by atoms with Crippen molar-refractivity contribution in [2.45, 2.75) is 13.2 Å². The first-order valence-corrected chi connectivity index (χ1v) is 5.52. The van der Waals surface area contributed by atoms with Gasteiger partial charge in [-0.3, -0.25) is 0 Å². The van der Waals surface area contributed by atoms with Crippen molar-refractivity contribution < 1.29 is 9.84 Å². The number of hydrogen-bond acceptors (Lipinski definition) is 2. The molecule has 1 aromatic carbocycles. The van der Waals surface area contributed by atoms with E-state index >= 15 is 0 Å². The van der Waals surface area contributed by atoms with E-state index in [2.05, 4.69) is 0 Å². The molecular formula is C12H14ClNO2. The van der Waals surface area contributed by atoms with E-state index < -0.39 is 0 Å². The Kier molecular flexibility index (Phi) is 3.49. The fourth-order valence-corrected chi connectivity index (χ4v) is 2.23. The normalized spacial score (nSPS) is 11.2. The maximum absolute atomic E-state index is 9.33. The first-order valence-electron chi connectivity index (χ1n) is 5.15. The molecule has 0 saturated carbocycles. The quantitative estimate of drug-likeness (QED) is 0.889. The lowest BCUT2D eigenvalue weighted by molar-refractivity contribution is 0.188. The van der Waals surface area contributed by atoms with Crippen LogP contribution in [0.1, 0.15) is 5.56 Å². The van der Waals surface area contributed by atoms with Crippen molar-refractivity contribution in [2.24, 2.45) is 0 Å². The molecule has 4 heteroatoms. The van der Waals surface area contributed by atoms with Crippen LogP contribution in [0.2, 0.25) is 5.15 Å². The van der Waals surface area contributed by atoms with E-state index in [9.17, 15) is 5.11 Å². The van der Waals surface area contributed by atoms with Gasteiger partial charge in [-0.05, 0) is 6.07 Å². The lowest BCUT2D eigenvalue weighted by atomic mass is 10.2. The molecule has 1 aromatic heterocycles. The molecule has 0 bridgehead atoms. The number of aliphatic hydroxyl groups excluding tert-OH is 1. The molecule has 0 fully saturated rings. The highest BCUT2D eigenvalue weighted by Crippen LogP contribution is 2.29. The van der Waals surface area contributed by atoms with Gasteiger partial charge in [-0.15, -0.1) is 0 Å². The van der Waals surface area contributed by atoms with Crippen molar-refractivity contribution in [3.63, 3.8) is 0 Å². The van der Waals surface area contributed by atoms with Crippen LogP contribution in [0.4, 0.5) is 0 Å². The van der Waals surface area contributed by atoms with Gasteiger partial charge in [-0.2, -0.15) is 0 Å². The van der Waals surface area contributed by atoms with Crippen LogP contribution in [0.5, 0.6) is 0 Å². The van der Waals surface area contributed by atoms with Gasteiger partial charge in [-0.25, -0.2) is 0 Å². The van der Waals surface area contributed by atoms with Crippen LogP contribution >= 0.6 is 11.6 Å². The van der Waals surface area contributed by atoms with Crippen LogP contribution in [-0.4, -0.2) is 23.4 Å². The number of ether oxygens (including phenoxy) is 1. The highest BCUT2D eigenvalue weighted by atomic mass is 35.5. The summed E-state index contributed by atoms with van der Waals surface area (Å²) in [5, 5.41) is 10.9. The van der Waals surface area contributed by atoms with Crippen molar-refractivity contribution in [1.82, 2.24) is 4.57 Å². The Morgan fingerprint density at radius 2 is 2.12 bits per heavy atom. The Balaban J connectivity index is 2.58. The van der Waals surface area contributed by atoms with Gasteiger partial charge in [0.2, 0.25) is 0 Å². The number of aromatic nitrogens is 1. The first-order chi connectivity index (χ1) is 7.79. The highest BCUT2D eigenvalue weighted by Gasteiger charge is 2.13. The largest absolute Gasteiger partial charge is 0.392 e. The lowest BCUT2D eigenvalue weighted by Crippen LogP contribution is -2.04. The molecule has 0 radical (unpaired) electrons. The van der Waals surface area contributed by atoms with Gasteiger partial charge in [0, 0.05) is 30.1 Å².